The molecule has 2 saturated heterocycles. The number of carbonyl (C=O) groups excluding carboxylic acids is 1. The average Bonchev–Trinajstić information content (AvgIpc) is 3.33. The van der Waals surface area contributed by atoms with E-state index < -0.39 is 0 Å². The molecule has 2 aliphatic heterocycles. The lowest BCUT2D eigenvalue weighted by molar-refractivity contribution is -0.122. The van der Waals surface area contributed by atoms with E-state index in [-0.39, 0.29) is 42.4 Å². The average molecular weight is 386 g/mol. The van der Waals surface area contributed by atoms with Crippen molar-refractivity contribution in [3.63, 3.8) is 0 Å². The highest BCUT2D eigenvalue weighted by molar-refractivity contribution is 5.94. The Kier molecular flexibility index (Phi) is 5.69. The molecule has 8 heteroatoms. The summed E-state index contributed by atoms with van der Waals surface area (Å²) in [5.74, 6) is 0.200. The van der Waals surface area contributed by atoms with Crippen LogP contribution in [0.4, 0.5) is 5.95 Å². The Morgan fingerprint density at radius 3 is 2.64 bits per heavy atom. The lowest BCUT2D eigenvalue weighted by atomic mass is 9.70. The van der Waals surface area contributed by atoms with E-state index in [0.29, 0.717) is 11.4 Å². The number of fused-ring (bicyclic) bond motifs is 2. The molecule has 4 rings (SSSR count). The Balaban J connectivity index is 0.000000706. The minimum absolute atomic E-state index is 0.0486. The zero-order valence-electron chi connectivity index (χ0n) is 15.8. The van der Waals surface area contributed by atoms with E-state index in [0.717, 1.165) is 25.7 Å². The van der Waals surface area contributed by atoms with Gasteiger partial charge in [-0.05, 0) is 38.2 Å². The van der Waals surface area contributed by atoms with Crippen molar-refractivity contribution < 1.29 is 19.8 Å². The van der Waals surface area contributed by atoms with Gasteiger partial charge >= 0.3 is 0 Å². The monoisotopic (exact) mass is 386 g/mol. The van der Waals surface area contributed by atoms with Crippen molar-refractivity contribution in [2.24, 2.45) is 5.41 Å². The minimum atomic E-state index is -0.268. The van der Waals surface area contributed by atoms with Crippen molar-refractivity contribution in [1.29, 1.82) is 0 Å². The van der Waals surface area contributed by atoms with Crippen LogP contribution >= 0.6 is 0 Å². The number of carbonyl (C=O) groups is 2. The van der Waals surface area contributed by atoms with Gasteiger partial charge in [-0.25, -0.2) is 4.98 Å². The molecule has 3 atom stereocenters. The molecule has 1 aromatic heterocycles. The van der Waals surface area contributed by atoms with Gasteiger partial charge in [0, 0.05) is 23.2 Å². The zero-order valence-corrected chi connectivity index (χ0v) is 15.8. The zero-order chi connectivity index (χ0) is 20.3. The number of aliphatic hydroxyl groups excluding tert-OH is 1. The minimum Gasteiger partial charge on any atom is -0.483 e. The first-order chi connectivity index (χ1) is 13.5. The van der Waals surface area contributed by atoms with E-state index in [4.69, 9.17) is 15.6 Å². The second-order valence-corrected chi connectivity index (χ2v) is 7.55. The number of nitrogen functional groups attached to an aromatic ring is 1. The lowest BCUT2D eigenvalue weighted by Crippen LogP contribution is -2.44. The van der Waals surface area contributed by atoms with Crippen LogP contribution in [0.25, 0.3) is 0 Å². The van der Waals surface area contributed by atoms with Gasteiger partial charge in [-0.1, -0.05) is 30.3 Å². The Hall–Kier alpha value is -2.87. The fraction of sp³-hybridized carbons (Fsp3) is 0.450. The molecule has 0 aliphatic carbocycles. The number of H-pyrrole nitrogens is 1. The number of carboxylic acid groups (broad SMARTS) is 1. The number of aromatic nitrogens is 2. The van der Waals surface area contributed by atoms with Crippen LogP contribution in [0.2, 0.25) is 0 Å². The van der Waals surface area contributed by atoms with Gasteiger partial charge < -0.3 is 25.8 Å². The number of aromatic amines is 1. The number of aryl methyl sites for hydroxylation is 1. The van der Waals surface area contributed by atoms with E-state index >= 15 is 0 Å². The van der Waals surface area contributed by atoms with Gasteiger partial charge in [-0.3, -0.25) is 9.59 Å². The first kappa shape index (κ1) is 19.9. The summed E-state index contributed by atoms with van der Waals surface area (Å²) >= 11 is 0. The number of anilines is 1. The highest BCUT2D eigenvalue weighted by Crippen LogP contribution is 2.51. The van der Waals surface area contributed by atoms with Crippen LogP contribution in [-0.2, 0) is 11.2 Å². The molecule has 2 aliphatic rings. The van der Waals surface area contributed by atoms with Crippen LogP contribution in [0, 0.1) is 12.3 Å². The molecule has 3 heterocycles. The Morgan fingerprint density at radius 1 is 1.39 bits per heavy atom. The van der Waals surface area contributed by atoms with Crippen molar-refractivity contribution in [2.45, 2.75) is 44.7 Å². The third-order valence-corrected chi connectivity index (χ3v) is 5.91. The van der Waals surface area contributed by atoms with Crippen LogP contribution in [0.1, 0.15) is 41.0 Å². The molecule has 1 aromatic carbocycles. The van der Waals surface area contributed by atoms with Gasteiger partial charge in [0.05, 0.1) is 6.61 Å². The van der Waals surface area contributed by atoms with Crippen LogP contribution in [0.15, 0.2) is 30.3 Å². The third kappa shape index (κ3) is 3.47. The first-order valence-electron chi connectivity index (χ1n) is 9.33. The molecule has 8 nitrogen and oxygen atoms in total. The molecular formula is C20H26N4O4. The van der Waals surface area contributed by atoms with Crippen LogP contribution < -0.4 is 5.73 Å². The molecule has 2 aromatic rings. The fourth-order valence-electron chi connectivity index (χ4n) is 4.83. The quantitative estimate of drug-likeness (QED) is 0.590. The first-order valence-corrected chi connectivity index (χ1v) is 9.33. The number of nitrogens with two attached hydrogens (primary N) is 1. The maximum Gasteiger partial charge on any atom is 0.290 e. The summed E-state index contributed by atoms with van der Waals surface area (Å²) in [5, 5.41) is 17.1. The molecular weight excluding hydrogens is 360 g/mol. The van der Waals surface area contributed by atoms with Gasteiger partial charge in [-0.2, -0.15) is 0 Å². The molecule has 0 radical (unpaired) electrons. The summed E-state index contributed by atoms with van der Waals surface area (Å²) in [7, 11) is 0. The third-order valence-electron chi connectivity index (χ3n) is 5.91. The molecule has 2 bridgehead atoms. The largest absolute Gasteiger partial charge is 0.483 e. The molecule has 28 heavy (non-hydrogen) atoms. The Labute approximate surface area is 163 Å². The van der Waals surface area contributed by atoms with Crippen molar-refractivity contribution >= 4 is 18.3 Å². The van der Waals surface area contributed by atoms with Crippen molar-refractivity contribution in [1.82, 2.24) is 14.9 Å². The molecule has 1 amide bonds. The maximum atomic E-state index is 13.1. The lowest BCUT2D eigenvalue weighted by Gasteiger charge is -2.36. The van der Waals surface area contributed by atoms with E-state index in [9.17, 15) is 9.90 Å². The van der Waals surface area contributed by atoms with Gasteiger partial charge in [-0.15, -0.1) is 0 Å². The molecule has 150 valence electrons. The summed E-state index contributed by atoms with van der Waals surface area (Å²) in [4.78, 5) is 30.5. The van der Waals surface area contributed by atoms with E-state index in [1.54, 1.807) is 0 Å². The van der Waals surface area contributed by atoms with Gasteiger partial charge in [0.25, 0.3) is 12.4 Å². The van der Waals surface area contributed by atoms with E-state index in [2.05, 4.69) is 22.1 Å². The smallest absolute Gasteiger partial charge is 0.290 e. The highest BCUT2D eigenvalue weighted by Gasteiger charge is 2.57. The topological polar surface area (TPSA) is 133 Å². The Morgan fingerprint density at radius 2 is 2.07 bits per heavy atom. The molecule has 0 saturated carbocycles. The second kappa shape index (κ2) is 8.02. The molecule has 2 fully saturated rings. The van der Waals surface area contributed by atoms with Crippen molar-refractivity contribution in [3.05, 3.63) is 47.3 Å². The second-order valence-electron chi connectivity index (χ2n) is 7.55. The summed E-state index contributed by atoms with van der Waals surface area (Å²) in [6, 6.07) is 10.4. The standard InChI is InChI=1S/C19H24N4O2.CH2O2/c1-12-16(22-18(20)21-12)17(25)23-14-7-8-15(23)19(10-14,11-24)9-13-5-3-2-4-6-13;2-1-3/h2-6,14-15,24H,7-11H2,1H3,(H3,20,21,22);1H,(H,2,3)/t14-,15+,19-;/m1./s1. The number of aliphatic hydroxyl groups is 1. The SMILES string of the molecule is Cc1[nH]c(N)nc1C(=O)N1[C@@H]2CC[C@H]1[C@](CO)(Cc1ccccc1)C2.O=CO. The summed E-state index contributed by atoms with van der Waals surface area (Å²) in [5.41, 5.74) is 7.75. The summed E-state index contributed by atoms with van der Waals surface area (Å²) in [6.07, 6.45) is 3.55. The maximum absolute atomic E-state index is 13.1. The normalized spacial score (nSPS) is 25.3. The number of rotatable bonds is 4. The number of hydrogen-bond donors (Lipinski definition) is 4. The Bertz CT molecular complexity index is 838. The molecule has 0 unspecified atom stereocenters. The van der Waals surface area contributed by atoms with Crippen LogP contribution in [0.3, 0.4) is 0 Å². The van der Waals surface area contributed by atoms with E-state index in [1.807, 2.05) is 30.0 Å². The molecule has 0 spiro atoms. The number of imidazole rings is 1. The number of nitrogens with zero attached hydrogens (tertiary/aromatic N) is 2. The van der Waals surface area contributed by atoms with Crippen LogP contribution in [-0.4, -0.2) is 56.2 Å². The number of amides is 1. The highest BCUT2D eigenvalue weighted by atomic mass is 16.3. The predicted molar refractivity (Wildman–Crippen MR) is 104 cm³/mol. The fourth-order valence-corrected chi connectivity index (χ4v) is 4.83. The molecule has 5 N–H and O–H groups in total. The van der Waals surface area contributed by atoms with E-state index in [1.165, 1.54) is 5.56 Å². The van der Waals surface area contributed by atoms with Crippen LogP contribution in [0.5, 0.6) is 0 Å². The summed E-state index contributed by atoms with van der Waals surface area (Å²) < 4.78 is 0. The predicted octanol–water partition coefficient (Wildman–Crippen LogP) is 1.60. The van der Waals surface area contributed by atoms with Crippen molar-refractivity contribution in [3.8, 4) is 0 Å². The number of benzene rings is 1. The van der Waals surface area contributed by atoms with Crippen molar-refractivity contribution in [2.75, 3.05) is 12.3 Å². The summed E-state index contributed by atoms with van der Waals surface area (Å²) in [6.45, 7) is 1.66. The number of nitrogens with one attached hydrogen (secondary N) is 1. The van der Waals surface area contributed by atoms with Gasteiger partial charge in [0.1, 0.15) is 0 Å². The van der Waals surface area contributed by atoms with Gasteiger partial charge in [0.2, 0.25) is 0 Å². The number of hydrogen-bond acceptors (Lipinski definition) is 5. The van der Waals surface area contributed by atoms with Gasteiger partial charge in [0.15, 0.2) is 11.6 Å².